The summed E-state index contributed by atoms with van der Waals surface area (Å²) in [7, 11) is 0. The average Bonchev–Trinajstić information content (AvgIpc) is 3.28. The molecule has 0 radical (unpaired) electrons. The first kappa shape index (κ1) is 41.9. The quantitative estimate of drug-likeness (QED) is 0.125. The van der Waals surface area contributed by atoms with Crippen molar-refractivity contribution in [2.24, 2.45) is 5.73 Å². The second kappa shape index (κ2) is 18.4. The Hall–Kier alpha value is -6.23. The van der Waals surface area contributed by atoms with Gasteiger partial charge in [-0.3, -0.25) is 24.3 Å². The molecule has 1 unspecified atom stereocenters. The topological polar surface area (TPSA) is 159 Å². The summed E-state index contributed by atoms with van der Waals surface area (Å²) in [6, 6.07) is 21.6. The van der Waals surface area contributed by atoms with Crippen molar-refractivity contribution < 1.29 is 32.3 Å². The number of ketones is 1. The minimum absolute atomic E-state index is 0.129. The monoisotopic (exact) mass is 821 g/mol. The summed E-state index contributed by atoms with van der Waals surface area (Å²) in [4.78, 5) is 60.8. The molecule has 60 heavy (non-hydrogen) atoms. The summed E-state index contributed by atoms with van der Waals surface area (Å²) < 4.78 is 45.3. The first-order valence-corrected chi connectivity index (χ1v) is 19.7. The highest BCUT2D eigenvalue weighted by Crippen LogP contribution is 2.33. The molecule has 2 amide bonds. The van der Waals surface area contributed by atoms with Gasteiger partial charge in [-0.1, -0.05) is 24.3 Å². The van der Waals surface area contributed by atoms with Crippen LogP contribution in [0.2, 0.25) is 0 Å². The fourth-order valence-electron chi connectivity index (χ4n) is 7.18. The largest absolute Gasteiger partial charge is 0.416 e. The lowest BCUT2D eigenvalue weighted by molar-refractivity contribution is -0.137. The third kappa shape index (κ3) is 10.3. The van der Waals surface area contributed by atoms with Crippen LogP contribution in [0.4, 0.5) is 30.5 Å². The summed E-state index contributed by atoms with van der Waals surface area (Å²) in [6.07, 6.45) is 0.794. The number of hydrogen-bond donors (Lipinski definition) is 3. The second-order valence-electron chi connectivity index (χ2n) is 15.0. The molecule has 7 rings (SSSR count). The summed E-state index contributed by atoms with van der Waals surface area (Å²) in [5.41, 5.74) is 7.81. The van der Waals surface area contributed by atoms with Gasteiger partial charge in [0.2, 0.25) is 5.95 Å². The number of ether oxygens (including phenoxy) is 1. The number of nitrogens with one attached hydrogen (secondary N) is 2. The number of alkyl halides is 3. The predicted molar refractivity (Wildman–Crippen MR) is 222 cm³/mol. The van der Waals surface area contributed by atoms with Gasteiger partial charge >= 0.3 is 6.18 Å². The van der Waals surface area contributed by atoms with Crippen molar-refractivity contribution in [3.8, 4) is 11.3 Å². The highest BCUT2D eigenvalue weighted by Gasteiger charge is 2.32. The summed E-state index contributed by atoms with van der Waals surface area (Å²) in [5.74, 6) is -0.618. The molecule has 2 aliphatic heterocycles. The standard InChI is InChI=1S/C44H46F3N9O4/c1-43(48,12-16-54-21-23-60-24-22-54)39(57)31-6-3-7-32(26-31)41(59)53-37-10-9-35(55-17-19-56(20-18-55)42-50-13-4-14-51-42)28-36(37)38-27-33(11-15-49-38)40(58)52-29-30-5-2-8-34(25-30)44(45,46)47/h2-11,13-15,25-28H,12,16-24,29,48H2,1H3,(H,52,58)(H,53,59). The van der Waals surface area contributed by atoms with E-state index in [1.807, 2.05) is 12.1 Å². The number of pyridine rings is 1. The number of amides is 2. The molecule has 2 saturated heterocycles. The maximum atomic E-state index is 13.9. The lowest BCUT2D eigenvalue weighted by Gasteiger charge is -2.36. The number of morpholine rings is 1. The molecule has 0 aliphatic carbocycles. The number of Topliss-reactive ketones (excluding diaryl/α,β-unsaturated/α-hetero) is 1. The maximum absolute atomic E-state index is 13.9. The Labute approximate surface area is 345 Å². The van der Waals surface area contributed by atoms with Crippen molar-refractivity contribution in [2.45, 2.75) is 31.6 Å². The third-order valence-electron chi connectivity index (χ3n) is 10.7. The van der Waals surface area contributed by atoms with Crippen LogP contribution in [0.15, 0.2) is 104 Å². The van der Waals surface area contributed by atoms with Crippen molar-refractivity contribution in [2.75, 3.05) is 74.1 Å². The number of nitrogens with zero attached hydrogens (tertiary/aromatic N) is 6. The molecule has 0 spiro atoms. The molecule has 2 aromatic heterocycles. The molecule has 0 bridgehead atoms. The van der Waals surface area contributed by atoms with E-state index in [4.69, 9.17) is 10.5 Å². The van der Waals surface area contributed by atoms with Crippen molar-refractivity contribution in [1.29, 1.82) is 0 Å². The molecule has 2 fully saturated rings. The summed E-state index contributed by atoms with van der Waals surface area (Å²) >= 11 is 0. The van der Waals surface area contributed by atoms with Crippen molar-refractivity contribution in [1.82, 2.24) is 25.2 Å². The maximum Gasteiger partial charge on any atom is 0.416 e. The molecule has 4 heterocycles. The van der Waals surface area contributed by atoms with E-state index in [-0.39, 0.29) is 23.5 Å². The van der Waals surface area contributed by atoms with Gasteiger partial charge in [-0.05, 0) is 79.6 Å². The normalized spacial score (nSPS) is 15.9. The smallest absolute Gasteiger partial charge is 0.379 e. The number of aromatic nitrogens is 3. The Balaban J connectivity index is 1.12. The van der Waals surface area contributed by atoms with E-state index >= 15 is 0 Å². The van der Waals surface area contributed by atoms with Gasteiger partial charge in [0.15, 0.2) is 5.78 Å². The van der Waals surface area contributed by atoms with Crippen LogP contribution in [-0.2, 0) is 17.5 Å². The van der Waals surface area contributed by atoms with E-state index in [0.717, 1.165) is 30.9 Å². The van der Waals surface area contributed by atoms with Crippen LogP contribution in [0.1, 0.15) is 55.5 Å². The number of nitrogens with two attached hydrogens (primary N) is 1. The number of carbonyl (C=O) groups is 3. The molecule has 5 aromatic rings. The van der Waals surface area contributed by atoms with Crippen molar-refractivity contribution in [3.05, 3.63) is 131 Å². The van der Waals surface area contributed by atoms with Gasteiger partial charge in [-0.2, -0.15) is 13.2 Å². The molecular weight excluding hydrogens is 776 g/mol. The molecule has 13 nitrogen and oxygen atoms in total. The fraction of sp³-hybridized carbons (Fsp3) is 0.318. The number of rotatable bonds is 13. The fourth-order valence-corrected chi connectivity index (χ4v) is 7.18. The summed E-state index contributed by atoms with van der Waals surface area (Å²) in [5, 5.41) is 5.69. The molecule has 3 aromatic carbocycles. The van der Waals surface area contributed by atoms with E-state index in [0.29, 0.717) is 86.4 Å². The van der Waals surface area contributed by atoms with E-state index in [2.05, 4.69) is 40.3 Å². The zero-order chi connectivity index (χ0) is 42.3. The van der Waals surface area contributed by atoms with E-state index < -0.39 is 29.1 Å². The highest BCUT2D eigenvalue weighted by atomic mass is 19.4. The zero-order valence-corrected chi connectivity index (χ0v) is 33.1. The van der Waals surface area contributed by atoms with E-state index in [1.54, 1.807) is 55.7 Å². The first-order chi connectivity index (χ1) is 28.8. The van der Waals surface area contributed by atoms with E-state index in [9.17, 15) is 27.6 Å². The number of hydrogen-bond acceptors (Lipinski definition) is 11. The molecule has 4 N–H and O–H groups in total. The number of halogens is 3. The van der Waals surface area contributed by atoms with E-state index in [1.165, 1.54) is 30.5 Å². The van der Waals surface area contributed by atoms with Gasteiger partial charge in [-0.15, -0.1) is 0 Å². The Morgan fingerprint density at radius 2 is 1.45 bits per heavy atom. The van der Waals surface area contributed by atoms with Gasteiger partial charge in [0.05, 0.1) is 35.7 Å². The van der Waals surface area contributed by atoms with Crippen LogP contribution < -0.4 is 26.2 Å². The molecule has 1 atom stereocenters. The minimum atomic E-state index is -4.51. The Morgan fingerprint density at radius 3 is 2.20 bits per heavy atom. The van der Waals surface area contributed by atoms with Crippen molar-refractivity contribution >= 4 is 34.9 Å². The molecular formula is C44H46F3N9O4. The van der Waals surface area contributed by atoms with Gasteiger partial charge in [0.25, 0.3) is 11.8 Å². The zero-order valence-electron chi connectivity index (χ0n) is 33.1. The molecule has 0 saturated carbocycles. The van der Waals surface area contributed by atoms with Gasteiger partial charge in [0.1, 0.15) is 0 Å². The Morgan fingerprint density at radius 1 is 0.750 bits per heavy atom. The van der Waals surface area contributed by atoms with Gasteiger partial charge < -0.3 is 30.9 Å². The van der Waals surface area contributed by atoms with Crippen LogP contribution in [0.25, 0.3) is 11.3 Å². The average molecular weight is 822 g/mol. The van der Waals surface area contributed by atoms with Gasteiger partial charge in [-0.25, -0.2) is 9.97 Å². The van der Waals surface area contributed by atoms with Crippen LogP contribution >= 0.6 is 0 Å². The summed E-state index contributed by atoms with van der Waals surface area (Å²) in [6.45, 7) is 7.70. The lowest BCUT2D eigenvalue weighted by Crippen LogP contribution is -2.48. The van der Waals surface area contributed by atoms with Crippen LogP contribution in [0, 0.1) is 0 Å². The Bertz CT molecular complexity index is 2310. The SMILES string of the molecule is CC(N)(CCN1CCOCC1)C(=O)c1cccc(C(=O)Nc2ccc(N3CCN(c4ncccn4)CC3)cc2-c2cc(C(=O)NCc3cccc(C(F)(F)F)c3)ccn2)c1. The second-order valence-corrected chi connectivity index (χ2v) is 15.0. The Kier molecular flexibility index (Phi) is 12.8. The minimum Gasteiger partial charge on any atom is -0.379 e. The van der Waals surface area contributed by atoms with Crippen LogP contribution in [-0.4, -0.2) is 102 Å². The highest BCUT2D eigenvalue weighted by molar-refractivity contribution is 6.09. The lowest BCUT2D eigenvalue weighted by atomic mass is 9.88. The molecule has 2 aliphatic rings. The molecule has 312 valence electrons. The molecule has 16 heteroatoms. The number of benzene rings is 3. The number of carbonyl (C=O) groups excluding carboxylic acids is 3. The van der Waals surface area contributed by atoms with Crippen LogP contribution in [0.3, 0.4) is 0 Å². The third-order valence-corrected chi connectivity index (χ3v) is 10.7. The predicted octanol–water partition coefficient (Wildman–Crippen LogP) is 5.69. The van der Waals surface area contributed by atoms with Crippen molar-refractivity contribution in [3.63, 3.8) is 0 Å². The van der Waals surface area contributed by atoms with Gasteiger partial charge in [0, 0.05) is 98.9 Å². The number of piperazine rings is 1. The number of anilines is 3. The first-order valence-electron chi connectivity index (χ1n) is 19.7. The van der Waals surface area contributed by atoms with Crippen LogP contribution in [0.5, 0.6) is 0 Å².